The Hall–Kier alpha value is -1.26. The minimum Gasteiger partial charge on any atom is -0.302 e. The van der Waals surface area contributed by atoms with Crippen molar-refractivity contribution in [2.24, 2.45) is 0 Å². The van der Waals surface area contributed by atoms with Gasteiger partial charge in [-0.1, -0.05) is 41.1 Å². The molecule has 0 aliphatic heterocycles. The zero-order chi connectivity index (χ0) is 14.5. The Morgan fingerprint density at radius 3 is 2.60 bits per heavy atom. The number of pyridine rings is 1. The Morgan fingerprint density at radius 1 is 1.25 bits per heavy atom. The van der Waals surface area contributed by atoms with E-state index in [9.17, 15) is 4.39 Å². The summed E-state index contributed by atoms with van der Waals surface area (Å²) in [5.41, 5.74) is 2.07. The van der Waals surface area contributed by atoms with Crippen LogP contribution in [-0.4, -0.2) is 4.98 Å². The van der Waals surface area contributed by atoms with E-state index in [1.165, 1.54) is 17.8 Å². The first-order chi connectivity index (χ1) is 9.61. The summed E-state index contributed by atoms with van der Waals surface area (Å²) in [6.07, 6.45) is 2.16. The second kappa shape index (κ2) is 6.95. The number of benzene rings is 1. The van der Waals surface area contributed by atoms with Gasteiger partial charge in [0.15, 0.2) is 0 Å². The predicted octanol–water partition coefficient (Wildman–Crippen LogP) is 4.79. The molecule has 1 aromatic carbocycles. The lowest BCUT2D eigenvalue weighted by molar-refractivity contribution is 0.446. The molecule has 1 heterocycles. The molecule has 20 heavy (non-hydrogen) atoms. The van der Waals surface area contributed by atoms with Crippen molar-refractivity contribution < 1.29 is 4.39 Å². The van der Waals surface area contributed by atoms with Crippen molar-refractivity contribution in [1.82, 2.24) is 10.3 Å². The summed E-state index contributed by atoms with van der Waals surface area (Å²) in [5, 5.41) is 3.54. The van der Waals surface area contributed by atoms with Gasteiger partial charge < -0.3 is 5.32 Å². The summed E-state index contributed by atoms with van der Waals surface area (Å²) in [7, 11) is 0. The number of hydrogen-bond donors (Lipinski definition) is 1. The summed E-state index contributed by atoms with van der Waals surface area (Å²) >= 11 is 3.57. The van der Waals surface area contributed by atoms with Crippen molar-refractivity contribution in [2.75, 3.05) is 0 Å². The minimum atomic E-state index is -0.303. The molecular weight excluding hydrogens is 319 g/mol. The molecule has 1 unspecified atom stereocenters. The summed E-state index contributed by atoms with van der Waals surface area (Å²) < 4.78 is 14.0. The molecule has 106 valence electrons. The highest BCUT2D eigenvalue weighted by Gasteiger charge is 2.16. The molecule has 0 saturated heterocycles. The fourth-order valence-corrected chi connectivity index (χ4v) is 2.85. The van der Waals surface area contributed by atoms with Gasteiger partial charge >= 0.3 is 0 Å². The molecule has 0 aliphatic rings. The molecule has 1 aromatic heterocycles. The zero-order valence-corrected chi connectivity index (χ0v) is 13.2. The maximum absolute atomic E-state index is 12.9. The van der Waals surface area contributed by atoms with Crippen molar-refractivity contribution in [3.63, 3.8) is 0 Å². The number of rotatable bonds is 5. The average molecular weight is 337 g/mol. The van der Waals surface area contributed by atoms with E-state index < -0.39 is 0 Å². The third kappa shape index (κ3) is 3.64. The first-order valence-electron chi connectivity index (χ1n) is 6.73. The van der Waals surface area contributed by atoms with Crippen LogP contribution in [0.5, 0.6) is 0 Å². The predicted molar refractivity (Wildman–Crippen MR) is 82.9 cm³/mol. The van der Waals surface area contributed by atoms with Crippen LogP contribution in [0.2, 0.25) is 0 Å². The molecule has 0 saturated carbocycles. The SMILES string of the molecule is CCC(N[C@@H](C)c1ccccc1Br)c1ccc(F)cn1. The van der Waals surface area contributed by atoms with Gasteiger partial charge in [0.05, 0.1) is 11.9 Å². The van der Waals surface area contributed by atoms with Crippen LogP contribution >= 0.6 is 15.9 Å². The molecule has 4 heteroatoms. The van der Waals surface area contributed by atoms with Gasteiger partial charge in [0.1, 0.15) is 5.82 Å². The van der Waals surface area contributed by atoms with Crippen molar-refractivity contribution >= 4 is 15.9 Å². The number of hydrogen-bond acceptors (Lipinski definition) is 2. The number of nitrogens with one attached hydrogen (secondary N) is 1. The smallest absolute Gasteiger partial charge is 0.141 e. The van der Waals surface area contributed by atoms with Crippen molar-refractivity contribution in [3.05, 3.63) is 64.1 Å². The van der Waals surface area contributed by atoms with Crippen molar-refractivity contribution in [1.29, 1.82) is 0 Å². The van der Waals surface area contributed by atoms with E-state index in [0.717, 1.165) is 16.6 Å². The number of nitrogens with zero attached hydrogens (tertiary/aromatic N) is 1. The van der Waals surface area contributed by atoms with Crippen LogP contribution in [0.25, 0.3) is 0 Å². The lowest BCUT2D eigenvalue weighted by atomic mass is 10.0. The molecule has 0 spiro atoms. The number of aromatic nitrogens is 1. The van der Waals surface area contributed by atoms with Gasteiger partial charge in [-0.3, -0.25) is 4.98 Å². The third-order valence-corrected chi connectivity index (χ3v) is 4.06. The Morgan fingerprint density at radius 2 is 2.00 bits per heavy atom. The maximum Gasteiger partial charge on any atom is 0.141 e. The molecule has 0 aliphatic carbocycles. The fourth-order valence-electron chi connectivity index (χ4n) is 2.22. The highest BCUT2D eigenvalue weighted by molar-refractivity contribution is 9.10. The van der Waals surface area contributed by atoms with Gasteiger partial charge in [-0.2, -0.15) is 0 Å². The molecule has 0 fully saturated rings. The van der Waals surface area contributed by atoms with E-state index >= 15 is 0 Å². The summed E-state index contributed by atoms with van der Waals surface area (Å²) in [6, 6.07) is 11.6. The monoisotopic (exact) mass is 336 g/mol. The van der Waals surface area contributed by atoms with Gasteiger partial charge in [0.25, 0.3) is 0 Å². The molecule has 2 atom stereocenters. The second-order valence-electron chi connectivity index (χ2n) is 4.77. The number of halogens is 2. The van der Waals surface area contributed by atoms with E-state index in [2.05, 4.69) is 46.1 Å². The normalized spacial score (nSPS) is 14.0. The second-order valence-corrected chi connectivity index (χ2v) is 5.63. The minimum absolute atomic E-state index is 0.109. The Labute approximate surface area is 127 Å². The fraction of sp³-hybridized carbons (Fsp3) is 0.312. The molecule has 2 rings (SSSR count). The van der Waals surface area contributed by atoms with Crippen molar-refractivity contribution in [3.8, 4) is 0 Å². The molecule has 0 bridgehead atoms. The van der Waals surface area contributed by atoms with Crippen molar-refractivity contribution in [2.45, 2.75) is 32.4 Å². The third-order valence-electron chi connectivity index (χ3n) is 3.34. The van der Waals surface area contributed by atoms with Crippen LogP contribution in [0.4, 0.5) is 4.39 Å². The van der Waals surface area contributed by atoms with Crippen LogP contribution in [0.1, 0.15) is 43.6 Å². The van der Waals surface area contributed by atoms with E-state index in [4.69, 9.17) is 0 Å². The Balaban J connectivity index is 2.14. The average Bonchev–Trinajstić information content (AvgIpc) is 2.46. The van der Waals surface area contributed by atoms with Crippen LogP contribution in [0, 0.1) is 5.82 Å². The highest BCUT2D eigenvalue weighted by Crippen LogP contribution is 2.26. The van der Waals surface area contributed by atoms with Crippen LogP contribution < -0.4 is 5.32 Å². The quantitative estimate of drug-likeness (QED) is 0.849. The topological polar surface area (TPSA) is 24.9 Å². The largest absolute Gasteiger partial charge is 0.302 e. The highest BCUT2D eigenvalue weighted by atomic mass is 79.9. The molecule has 1 N–H and O–H groups in total. The molecule has 2 aromatic rings. The van der Waals surface area contributed by atoms with E-state index in [-0.39, 0.29) is 17.9 Å². The van der Waals surface area contributed by atoms with Crippen LogP contribution in [0.3, 0.4) is 0 Å². The first kappa shape index (κ1) is 15.1. The lowest BCUT2D eigenvalue weighted by Crippen LogP contribution is -2.25. The first-order valence-corrected chi connectivity index (χ1v) is 7.53. The molecular formula is C16H18BrFN2. The summed E-state index contributed by atoms with van der Waals surface area (Å²) in [5.74, 6) is -0.303. The van der Waals surface area contributed by atoms with Crippen LogP contribution in [0.15, 0.2) is 47.1 Å². The molecule has 0 amide bonds. The lowest BCUT2D eigenvalue weighted by Gasteiger charge is -2.23. The van der Waals surface area contributed by atoms with Crippen LogP contribution in [-0.2, 0) is 0 Å². The maximum atomic E-state index is 12.9. The van der Waals surface area contributed by atoms with Gasteiger partial charge in [-0.15, -0.1) is 0 Å². The van der Waals surface area contributed by atoms with Gasteiger partial charge in [0, 0.05) is 16.6 Å². The van der Waals surface area contributed by atoms with Gasteiger partial charge in [-0.05, 0) is 37.1 Å². The van der Waals surface area contributed by atoms with E-state index in [0.29, 0.717) is 0 Å². The van der Waals surface area contributed by atoms with Gasteiger partial charge in [0.2, 0.25) is 0 Å². The van der Waals surface area contributed by atoms with Gasteiger partial charge in [-0.25, -0.2) is 4.39 Å². The Kier molecular flexibility index (Phi) is 5.26. The standard InChI is InChI=1S/C16H18BrFN2/c1-3-15(16-9-8-12(18)10-19-16)20-11(2)13-6-4-5-7-14(13)17/h4-11,15,20H,3H2,1-2H3/t11-,15?/m0/s1. The van der Waals surface area contributed by atoms with E-state index in [1.54, 1.807) is 6.07 Å². The summed E-state index contributed by atoms with van der Waals surface area (Å²) in [4.78, 5) is 4.17. The molecule has 0 radical (unpaired) electrons. The van der Waals surface area contributed by atoms with E-state index in [1.807, 2.05) is 18.2 Å². The molecule has 2 nitrogen and oxygen atoms in total. The Bertz CT molecular complexity index is 557. The summed E-state index contributed by atoms with van der Waals surface area (Å²) in [6.45, 7) is 4.21. The zero-order valence-electron chi connectivity index (χ0n) is 11.6.